The van der Waals surface area contributed by atoms with E-state index >= 15 is 0 Å². The Bertz CT molecular complexity index is 331. The molecule has 1 fully saturated rings. The van der Waals surface area contributed by atoms with Crippen molar-refractivity contribution in [3.05, 3.63) is 0 Å². The van der Waals surface area contributed by atoms with E-state index in [1.165, 1.54) is 9.80 Å². The molecule has 8 nitrogen and oxygen atoms in total. The monoisotopic (exact) mass is 334 g/mol. The number of rotatable bonds is 6. The van der Waals surface area contributed by atoms with Gasteiger partial charge in [-0.05, 0) is 0 Å². The van der Waals surface area contributed by atoms with E-state index in [1.807, 2.05) is 0 Å². The van der Waals surface area contributed by atoms with Crippen LogP contribution in [0.1, 0.15) is 0 Å². The van der Waals surface area contributed by atoms with Gasteiger partial charge in [0.1, 0.15) is 0 Å². The molecule has 0 aromatic rings. The third kappa shape index (κ3) is 6.76. The van der Waals surface area contributed by atoms with Gasteiger partial charge in [-0.1, -0.05) is 0 Å². The van der Waals surface area contributed by atoms with Gasteiger partial charge in [0.15, 0.2) is 13.6 Å². The summed E-state index contributed by atoms with van der Waals surface area (Å²) in [6, 6.07) is 0. The van der Waals surface area contributed by atoms with Gasteiger partial charge < -0.3 is 19.3 Å². The van der Waals surface area contributed by atoms with Crippen molar-refractivity contribution < 1.29 is 46.1 Å². The van der Waals surface area contributed by atoms with Gasteiger partial charge >= 0.3 is 25.4 Å². The molecule has 0 aromatic heterocycles. The molecule has 1 saturated heterocycles. The molecule has 128 valence electrons. The van der Waals surface area contributed by atoms with Crippen LogP contribution in [0.25, 0.3) is 0 Å². The normalized spacial score (nSPS) is 15.4. The van der Waals surface area contributed by atoms with Crippen LogP contribution in [0.2, 0.25) is 0 Å². The van der Waals surface area contributed by atoms with Crippen LogP contribution in [0.5, 0.6) is 0 Å². The first-order valence-corrected chi connectivity index (χ1v) is 6.03. The van der Waals surface area contributed by atoms with Crippen LogP contribution in [0, 0.1) is 0 Å². The number of piperazine rings is 1. The molecule has 0 unspecified atom stereocenters. The molecular weight excluding hydrogens is 320 g/mol. The lowest BCUT2D eigenvalue weighted by Crippen LogP contribution is -2.51. The smallest absolute Gasteiger partial charge is 0.412 e. The highest BCUT2D eigenvalue weighted by Crippen LogP contribution is 2.06. The summed E-state index contributed by atoms with van der Waals surface area (Å²) >= 11 is 0. The molecular formula is C10H14F4N2O6. The zero-order valence-electron chi connectivity index (χ0n) is 11.3. The largest absolute Gasteiger partial charge is 0.422 e. The summed E-state index contributed by atoms with van der Waals surface area (Å²) < 4.78 is 63.1. The maximum atomic E-state index is 11.7. The fraction of sp³-hybridized carbons (Fsp3) is 0.800. The summed E-state index contributed by atoms with van der Waals surface area (Å²) in [7, 11) is 0. The third-order valence-corrected chi connectivity index (χ3v) is 2.55. The van der Waals surface area contributed by atoms with Crippen LogP contribution in [0.4, 0.5) is 27.2 Å². The van der Waals surface area contributed by atoms with Crippen LogP contribution < -0.4 is 0 Å². The zero-order valence-corrected chi connectivity index (χ0v) is 11.3. The van der Waals surface area contributed by atoms with Gasteiger partial charge in [-0.15, -0.1) is 0 Å². The molecule has 0 N–H and O–H groups in total. The predicted octanol–water partition coefficient (Wildman–Crippen LogP) is 1.27. The van der Waals surface area contributed by atoms with Crippen molar-refractivity contribution in [3.8, 4) is 0 Å². The molecule has 22 heavy (non-hydrogen) atoms. The lowest BCUT2D eigenvalue weighted by atomic mass is 10.3. The van der Waals surface area contributed by atoms with Gasteiger partial charge in [-0.2, -0.15) is 17.6 Å². The van der Waals surface area contributed by atoms with E-state index in [0.717, 1.165) is 0 Å². The van der Waals surface area contributed by atoms with Crippen molar-refractivity contribution in [3.63, 3.8) is 0 Å². The first-order chi connectivity index (χ1) is 10.4. The molecule has 1 aliphatic rings. The summed E-state index contributed by atoms with van der Waals surface area (Å²) in [4.78, 5) is 25.2. The second kappa shape index (κ2) is 9.25. The Labute approximate surface area is 122 Å². The van der Waals surface area contributed by atoms with Gasteiger partial charge in [0.05, 0.1) is 0 Å². The molecule has 0 aliphatic carbocycles. The average Bonchev–Trinajstić information content (AvgIpc) is 2.46. The number of ether oxygens (including phenoxy) is 4. The molecule has 12 heteroatoms. The predicted molar refractivity (Wildman–Crippen MR) is 60.0 cm³/mol. The van der Waals surface area contributed by atoms with E-state index in [2.05, 4.69) is 18.9 Å². The average molecular weight is 334 g/mol. The summed E-state index contributed by atoms with van der Waals surface area (Å²) in [6.45, 7) is -7.59. The Morgan fingerprint density at radius 2 is 1.09 bits per heavy atom. The van der Waals surface area contributed by atoms with E-state index in [4.69, 9.17) is 0 Å². The van der Waals surface area contributed by atoms with Crippen molar-refractivity contribution in [1.82, 2.24) is 9.80 Å². The van der Waals surface area contributed by atoms with Crippen molar-refractivity contribution in [2.24, 2.45) is 0 Å². The molecule has 0 spiro atoms. The highest BCUT2D eigenvalue weighted by molar-refractivity contribution is 5.70. The van der Waals surface area contributed by atoms with Crippen molar-refractivity contribution in [1.29, 1.82) is 0 Å². The molecule has 0 radical (unpaired) electrons. The Kier molecular flexibility index (Phi) is 7.66. The summed E-state index contributed by atoms with van der Waals surface area (Å²) in [6.07, 6.45) is -1.73. The van der Waals surface area contributed by atoms with Gasteiger partial charge in [-0.25, -0.2) is 9.59 Å². The van der Waals surface area contributed by atoms with E-state index in [-0.39, 0.29) is 26.2 Å². The van der Waals surface area contributed by atoms with E-state index < -0.39 is 39.0 Å². The van der Waals surface area contributed by atoms with Crippen LogP contribution in [0.3, 0.4) is 0 Å². The maximum absolute atomic E-state index is 11.7. The van der Waals surface area contributed by atoms with E-state index in [9.17, 15) is 27.2 Å². The zero-order chi connectivity index (χ0) is 16.5. The molecule has 1 heterocycles. The van der Waals surface area contributed by atoms with E-state index in [0.29, 0.717) is 0 Å². The molecule has 0 bridgehead atoms. The molecule has 1 rings (SSSR count). The highest BCUT2D eigenvalue weighted by atomic mass is 19.3. The van der Waals surface area contributed by atoms with Gasteiger partial charge in [0.25, 0.3) is 0 Å². The first kappa shape index (κ1) is 18.2. The van der Waals surface area contributed by atoms with Crippen LogP contribution in [-0.2, 0) is 18.9 Å². The molecule has 2 amide bonds. The Hall–Kier alpha value is -1.82. The minimum Gasteiger partial charge on any atom is -0.422 e. The van der Waals surface area contributed by atoms with Crippen LogP contribution in [0.15, 0.2) is 0 Å². The molecule has 1 aliphatic heterocycles. The lowest BCUT2D eigenvalue weighted by molar-refractivity contribution is -0.179. The van der Waals surface area contributed by atoms with Crippen molar-refractivity contribution in [2.45, 2.75) is 13.2 Å². The first-order valence-electron chi connectivity index (χ1n) is 6.03. The quantitative estimate of drug-likeness (QED) is 0.538. The number of hydrogen-bond donors (Lipinski definition) is 0. The summed E-state index contributed by atoms with van der Waals surface area (Å²) in [5.74, 6) is 0. The van der Waals surface area contributed by atoms with Gasteiger partial charge in [-0.3, -0.25) is 9.47 Å². The van der Waals surface area contributed by atoms with Crippen molar-refractivity contribution >= 4 is 12.2 Å². The minimum absolute atomic E-state index is 0.0678. The number of carbonyl (C=O) groups is 2. The maximum Gasteiger partial charge on any atom is 0.412 e. The Balaban J connectivity index is 2.22. The second-order valence-electron chi connectivity index (χ2n) is 3.88. The molecule has 0 atom stereocenters. The summed E-state index contributed by atoms with van der Waals surface area (Å²) in [5, 5.41) is 0. The molecule has 0 saturated carbocycles. The van der Waals surface area contributed by atoms with Crippen molar-refractivity contribution in [2.75, 3.05) is 39.8 Å². The van der Waals surface area contributed by atoms with Gasteiger partial charge in [0, 0.05) is 26.2 Å². The number of halogens is 4. The number of hydrogen-bond acceptors (Lipinski definition) is 6. The standard InChI is InChI=1S/C10H14F4N2O6/c11-7(12)19-5-21-9(17)15-1-2-16(4-3-15)10(18)22-6-20-8(13)14/h7-8H,1-6H2. The van der Waals surface area contributed by atoms with E-state index in [1.54, 1.807) is 0 Å². The SMILES string of the molecule is O=C(OCOC(F)F)N1CCN(C(=O)OCOC(F)F)CC1. The minimum atomic E-state index is -3.05. The number of alkyl halides is 4. The number of carbonyl (C=O) groups excluding carboxylic acids is 2. The van der Waals surface area contributed by atoms with Crippen LogP contribution in [-0.4, -0.2) is 75.0 Å². The fourth-order valence-corrected chi connectivity index (χ4v) is 1.53. The highest BCUT2D eigenvalue weighted by Gasteiger charge is 2.26. The second-order valence-corrected chi connectivity index (χ2v) is 3.88. The third-order valence-electron chi connectivity index (χ3n) is 2.55. The number of nitrogens with zero attached hydrogens (tertiary/aromatic N) is 2. The van der Waals surface area contributed by atoms with Gasteiger partial charge in [0.2, 0.25) is 0 Å². The topological polar surface area (TPSA) is 77.5 Å². The molecule has 0 aromatic carbocycles. The van der Waals surface area contributed by atoms with Crippen LogP contribution >= 0.6 is 0 Å². The fourth-order valence-electron chi connectivity index (χ4n) is 1.53. The number of amides is 2. The summed E-state index contributed by atoms with van der Waals surface area (Å²) in [5.41, 5.74) is 0. The Morgan fingerprint density at radius 3 is 1.36 bits per heavy atom. The Morgan fingerprint density at radius 1 is 0.773 bits per heavy atom. The lowest BCUT2D eigenvalue weighted by Gasteiger charge is -2.33.